The summed E-state index contributed by atoms with van der Waals surface area (Å²) in [6.45, 7) is 6.74. The second kappa shape index (κ2) is 5.35. The Hall–Kier alpha value is -1.62. The van der Waals surface area contributed by atoms with Crippen LogP contribution in [0.5, 0.6) is 0 Å². The maximum Gasteiger partial charge on any atom is 0.224 e. The van der Waals surface area contributed by atoms with Crippen molar-refractivity contribution < 1.29 is 0 Å². The van der Waals surface area contributed by atoms with E-state index in [-0.39, 0.29) is 0 Å². The summed E-state index contributed by atoms with van der Waals surface area (Å²) in [4.78, 5) is 8.58. The lowest BCUT2D eigenvalue weighted by atomic mass is 10.4. The van der Waals surface area contributed by atoms with Crippen molar-refractivity contribution in [3.63, 3.8) is 0 Å². The number of nitrogens with zero attached hydrogens (tertiary/aromatic N) is 4. The molecule has 0 amide bonds. The molecule has 2 heterocycles. The summed E-state index contributed by atoms with van der Waals surface area (Å²) in [6, 6.07) is 1.81. The van der Waals surface area contributed by atoms with Crippen LogP contribution in [0.25, 0.3) is 5.82 Å². The quantitative estimate of drug-likeness (QED) is 0.924. The minimum Gasteiger partial charge on any atom is -0.354 e. The van der Waals surface area contributed by atoms with Gasteiger partial charge in [-0.15, -0.1) is 0 Å². The van der Waals surface area contributed by atoms with Crippen LogP contribution >= 0.6 is 11.6 Å². The number of aryl methyl sites for hydroxylation is 1. The molecular formula is C12H16ClN5. The number of rotatable bonds is 4. The molecule has 1 N–H and O–H groups in total. The summed E-state index contributed by atoms with van der Waals surface area (Å²) in [5.41, 5.74) is 1.69. The molecule has 6 heteroatoms. The molecule has 0 aliphatic heterocycles. The normalized spacial score (nSPS) is 10.7. The molecule has 0 aliphatic rings. The van der Waals surface area contributed by atoms with E-state index in [1.807, 2.05) is 19.9 Å². The lowest BCUT2D eigenvalue weighted by Crippen LogP contribution is -2.08. The van der Waals surface area contributed by atoms with Gasteiger partial charge in [-0.05, 0) is 20.3 Å². The SMILES string of the molecule is CCCNc1nccc(-n2nc(C)c(Cl)c2C)n1. The molecule has 0 spiro atoms. The first-order chi connectivity index (χ1) is 8.63. The third-order valence-corrected chi connectivity index (χ3v) is 3.14. The number of anilines is 1. The molecule has 5 nitrogen and oxygen atoms in total. The highest BCUT2D eigenvalue weighted by atomic mass is 35.5. The Balaban J connectivity index is 2.35. The molecule has 0 aliphatic carbocycles. The topological polar surface area (TPSA) is 55.6 Å². The summed E-state index contributed by atoms with van der Waals surface area (Å²) < 4.78 is 1.73. The fourth-order valence-corrected chi connectivity index (χ4v) is 1.75. The smallest absolute Gasteiger partial charge is 0.224 e. The molecule has 0 saturated heterocycles. The van der Waals surface area contributed by atoms with Crippen molar-refractivity contribution in [2.24, 2.45) is 0 Å². The van der Waals surface area contributed by atoms with Crippen molar-refractivity contribution >= 4 is 17.5 Å². The lowest BCUT2D eigenvalue weighted by Gasteiger charge is -2.06. The molecule has 0 atom stereocenters. The zero-order valence-corrected chi connectivity index (χ0v) is 11.5. The number of hydrogen-bond acceptors (Lipinski definition) is 4. The van der Waals surface area contributed by atoms with Crippen molar-refractivity contribution in [1.29, 1.82) is 0 Å². The third-order valence-electron chi connectivity index (χ3n) is 2.59. The molecule has 0 saturated carbocycles. The second-order valence-electron chi connectivity index (χ2n) is 4.06. The van der Waals surface area contributed by atoms with Gasteiger partial charge in [0, 0.05) is 18.8 Å². The minimum absolute atomic E-state index is 0.609. The molecule has 96 valence electrons. The second-order valence-corrected chi connectivity index (χ2v) is 4.44. The Kier molecular flexibility index (Phi) is 3.81. The van der Waals surface area contributed by atoms with Crippen LogP contribution in [0.2, 0.25) is 5.02 Å². The van der Waals surface area contributed by atoms with Gasteiger partial charge in [-0.3, -0.25) is 0 Å². The van der Waals surface area contributed by atoms with E-state index in [0.717, 1.165) is 30.2 Å². The Bertz CT molecular complexity index is 549. The summed E-state index contributed by atoms with van der Waals surface area (Å²) >= 11 is 6.13. The van der Waals surface area contributed by atoms with Crippen LogP contribution in [0.15, 0.2) is 12.3 Å². The van der Waals surface area contributed by atoms with Crippen LogP contribution in [-0.4, -0.2) is 26.3 Å². The van der Waals surface area contributed by atoms with Gasteiger partial charge in [0.1, 0.15) is 0 Å². The highest BCUT2D eigenvalue weighted by Crippen LogP contribution is 2.21. The number of aromatic nitrogens is 4. The maximum atomic E-state index is 6.13. The summed E-state index contributed by atoms with van der Waals surface area (Å²) in [7, 11) is 0. The van der Waals surface area contributed by atoms with Crippen molar-refractivity contribution in [3.8, 4) is 5.82 Å². The van der Waals surface area contributed by atoms with Gasteiger partial charge in [-0.2, -0.15) is 10.1 Å². The van der Waals surface area contributed by atoms with Crippen molar-refractivity contribution in [3.05, 3.63) is 28.7 Å². The molecule has 18 heavy (non-hydrogen) atoms. The largest absolute Gasteiger partial charge is 0.354 e. The number of halogens is 1. The molecule has 0 unspecified atom stereocenters. The predicted molar refractivity (Wildman–Crippen MR) is 72.4 cm³/mol. The molecule has 2 aromatic rings. The van der Waals surface area contributed by atoms with Crippen molar-refractivity contribution in [1.82, 2.24) is 19.7 Å². The zero-order chi connectivity index (χ0) is 13.1. The van der Waals surface area contributed by atoms with E-state index in [9.17, 15) is 0 Å². The van der Waals surface area contributed by atoms with Gasteiger partial charge < -0.3 is 5.32 Å². The third kappa shape index (κ3) is 2.46. The molecule has 0 radical (unpaired) electrons. The summed E-state index contributed by atoms with van der Waals surface area (Å²) in [5, 5.41) is 8.19. The van der Waals surface area contributed by atoms with Gasteiger partial charge in [0.15, 0.2) is 5.82 Å². The summed E-state index contributed by atoms with van der Waals surface area (Å²) in [6.07, 6.45) is 2.74. The van der Waals surface area contributed by atoms with Crippen LogP contribution in [0.1, 0.15) is 24.7 Å². The van der Waals surface area contributed by atoms with E-state index in [1.165, 1.54) is 0 Å². The molecule has 2 aromatic heterocycles. The van der Waals surface area contributed by atoms with Gasteiger partial charge in [-0.25, -0.2) is 9.67 Å². The monoisotopic (exact) mass is 265 g/mol. The number of nitrogens with one attached hydrogen (secondary N) is 1. The zero-order valence-electron chi connectivity index (χ0n) is 10.7. The van der Waals surface area contributed by atoms with Gasteiger partial charge in [-0.1, -0.05) is 18.5 Å². The van der Waals surface area contributed by atoms with Crippen LogP contribution in [0.3, 0.4) is 0 Å². The van der Waals surface area contributed by atoms with Crippen molar-refractivity contribution in [2.45, 2.75) is 27.2 Å². The van der Waals surface area contributed by atoms with Gasteiger partial charge in [0.05, 0.1) is 16.4 Å². The van der Waals surface area contributed by atoms with Crippen LogP contribution in [-0.2, 0) is 0 Å². The fraction of sp³-hybridized carbons (Fsp3) is 0.417. The predicted octanol–water partition coefficient (Wildman–Crippen LogP) is 2.75. The van der Waals surface area contributed by atoms with E-state index >= 15 is 0 Å². The lowest BCUT2D eigenvalue weighted by molar-refractivity contribution is 0.799. The van der Waals surface area contributed by atoms with E-state index in [0.29, 0.717) is 11.0 Å². The van der Waals surface area contributed by atoms with E-state index in [2.05, 4.69) is 27.3 Å². The van der Waals surface area contributed by atoms with Gasteiger partial charge in [0.2, 0.25) is 5.95 Å². The molecular weight excluding hydrogens is 250 g/mol. The Morgan fingerprint density at radius 3 is 2.78 bits per heavy atom. The minimum atomic E-state index is 0.609. The van der Waals surface area contributed by atoms with Crippen LogP contribution in [0, 0.1) is 13.8 Å². The average molecular weight is 266 g/mol. The fourth-order valence-electron chi connectivity index (χ4n) is 1.64. The number of hydrogen-bond donors (Lipinski definition) is 1. The standard InChI is InChI=1S/C12H16ClN5/c1-4-6-14-12-15-7-5-10(16-12)18-9(3)11(13)8(2)17-18/h5,7H,4,6H2,1-3H3,(H,14,15,16). The van der Waals surface area contributed by atoms with E-state index < -0.39 is 0 Å². The van der Waals surface area contributed by atoms with Gasteiger partial charge in [0.25, 0.3) is 0 Å². The Labute approximate surface area is 111 Å². The highest BCUT2D eigenvalue weighted by molar-refractivity contribution is 6.31. The van der Waals surface area contributed by atoms with Crippen LogP contribution < -0.4 is 5.32 Å². The average Bonchev–Trinajstić information content (AvgIpc) is 2.64. The molecule has 2 rings (SSSR count). The van der Waals surface area contributed by atoms with E-state index in [1.54, 1.807) is 10.9 Å². The van der Waals surface area contributed by atoms with Gasteiger partial charge >= 0.3 is 0 Å². The Morgan fingerprint density at radius 2 is 2.17 bits per heavy atom. The van der Waals surface area contributed by atoms with E-state index in [4.69, 9.17) is 11.6 Å². The molecule has 0 aromatic carbocycles. The first-order valence-electron chi connectivity index (χ1n) is 5.92. The highest BCUT2D eigenvalue weighted by Gasteiger charge is 2.11. The first kappa shape index (κ1) is 12.8. The molecule has 0 bridgehead atoms. The summed E-state index contributed by atoms with van der Waals surface area (Å²) in [5.74, 6) is 1.33. The van der Waals surface area contributed by atoms with Crippen molar-refractivity contribution in [2.75, 3.05) is 11.9 Å². The van der Waals surface area contributed by atoms with Crippen LogP contribution in [0.4, 0.5) is 5.95 Å². The molecule has 0 fully saturated rings. The maximum absolute atomic E-state index is 6.13. The first-order valence-corrected chi connectivity index (χ1v) is 6.30. The Morgan fingerprint density at radius 1 is 1.39 bits per heavy atom.